The van der Waals surface area contributed by atoms with E-state index in [0.717, 1.165) is 22.7 Å². The Bertz CT molecular complexity index is 1040. The van der Waals surface area contributed by atoms with Crippen LogP contribution in [0.5, 0.6) is 0 Å². The lowest BCUT2D eigenvalue weighted by atomic mass is 10.2. The van der Waals surface area contributed by atoms with Gasteiger partial charge in [-0.1, -0.05) is 68.3 Å². The van der Waals surface area contributed by atoms with E-state index in [2.05, 4.69) is 48.1 Å². The molecule has 0 bridgehead atoms. The van der Waals surface area contributed by atoms with Crippen LogP contribution in [0.25, 0.3) is 11.0 Å². The highest BCUT2D eigenvalue weighted by atomic mass is 35.5. The van der Waals surface area contributed by atoms with E-state index in [9.17, 15) is 9.18 Å². The number of aromatic nitrogens is 2. The molecule has 3 N–H and O–H groups in total. The second-order valence-electron chi connectivity index (χ2n) is 5.77. The second-order valence-corrected chi connectivity index (χ2v) is 6.17. The summed E-state index contributed by atoms with van der Waals surface area (Å²) in [6.07, 6.45) is 11.9. The number of aliphatic hydroxyl groups excluding tert-OH is 1. The molecular weight excluding hydrogens is 443 g/mol. The molecule has 0 amide bonds. The summed E-state index contributed by atoms with van der Waals surface area (Å²) >= 11 is 6.06. The minimum absolute atomic E-state index is 0.197. The number of aliphatic carboxylic acids is 1. The Morgan fingerprint density at radius 1 is 1.27 bits per heavy atom. The number of aromatic amines is 1. The normalized spacial score (nSPS) is 9.52. The summed E-state index contributed by atoms with van der Waals surface area (Å²) < 4.78 is 11.1. The molecule has 0 radical (unpaired) electrons. The third kappa shape index (κ3) is 17.5. The van der Waals surface area contributed by atoms with E-state index in [1.165, 1.54) is 6.08 Å². The van der Waals surface area contributed by atoms with Crippen LogP contribution in [0.15, 0.2) is 92.8 Å². The summed E-state index contributed by atoms with van der Waals surface area (Å²) in [6, 6.07) is 3.71. The van der Waals surface area contributed by atoms with Crippen molar-refractivity contribution in [2.24, 2.45) is 0 Å². The number of nitrogens with one attached hydrogen (secondary N) is 1. The molecule has 33 heavy (non-hydrogen) atoms. The molecule has 2 aromatic rings. The molecule has 1 aromatic heterocycles. The largest absolute Gasteiger partial charge is 0.508 e. The van der Waals surface area contributed by atoms with Crippen LogP contribution in [-0.4, -0.2) is 26.2 Å². The number of rotatable bonds is 5. The number of benzene rings is 1. The predicted octanol–water partition coefficient (Wildman–Crippen LogP) is 7.47. The standard InChI is InChI=1S/C12H9ClN2.C7H10O.C4H5F.C3H6O2/c1-2-3-4-5-9-6-11-12(7-10(9)13)15-8-14-11;1-3-5-6-7(8)4-2;1-3-4(2)5;1-2-3(4)5/h2,6-8H,1,3H2,(H,14,15);3-6,8H,2H2,1H3;3H,1-2H2;2H2,1H3,(H,4,5)/b;5-3+,7-6+;;. The number of hydrogen-bond acceptors (Lipinski definition) is 3. The first-order chi connectivity index (χ1) is 15.7. The number of H-pyrrole nitrogens is 1. The zero-order valence-electron chi connectivity index (χ0n) is 18.9. The van der Waals surface area contributed by atoms with Gasteiger partial charge >= 0.3 is 5.97 Å². The molecule has 0 fully saturated rings. The highest BCUT2D eigenvalue weighted by Crippen LogP contribution is 2.20. The van der Waals surface area contributed by atoms with E-state index >= 15 is 0 Å². The summed E-state index contributed by atoms with van der Waals surface area (Å²) in [5.74, 6) is 4.93. The predicted molar refractivity (Wildman–Crippen MR) is 137 cm³/mol. The number of fused-ring (bicyclic) bond motifs is 1. The van der Waals surface area contributed by atoms with Gasteiger partial charge in [0, 0.05) is 18.4 Å². The van der Waals surface area contributed by atoms with Gasteiger partial charge in [0.25, 0.3) is 0 Å². The second kappa shape index (κ2) is 20.1. The maximum Gasteiger partial charge on any atom is 0.303 e. The van der Waals surface area contributed by atoms with E-state index in [1.54, 1.807) is 31.5 Å². The van der Waals surface area contributed by atoms with E-state index in [0.29, 0.717) is 11.4 Å². The van der Waals surface area contributed by atoms with Crippen molar-refractivity contribution in [2.75, 3.05) is 0 Å². The molecule has 0 atom stereocenters. The zero-order valence-corrected chi connectivity index (χ0v) is 19.7. The Balaban J connectivity index is 0. The maximum atomic E-state index is 11.1. The van der Waals surface area contributed by atoms with Gasteiger partial charge in [-0.25, -0.2) is 9.37 Å². The molecule has 7 heteroatoms. The quantitative estimate of drug-likeness (QED) is 0.182. The lowest BCUT2D eigenvalue weighted by Gasteiger charge is -1.95. The van der Waals surface area contributed by atoms with Crippen molar-refractivity contribution < 1.29 is 19.4 Å². The van der Waals surface area contributed by atoms with Gasteiger partial charge < -0.3 is 15.2 Å². The first-order valence-corrected chi connectivity index (χ1v) is 10.1. The van der Waals surface area contributed by atoms with Crippen molar-refractivity contribution in [1.82, 2.24) is 9.97 Å². The van der Waals surface area contributed by atoms with Crippen molar-refractivity contribution in [3.63, 3.8) is 0 Å². The molecule has 0 saturated carbocycles. The number of hydrogen-bond donors (Lipinski definition) is 3. The highest BCUT2D eigenvalue weighted by molar-refractivity contribution is 6.32. The topological polar surface area (TPSA) is 86.2 Å². The number of imidazole rings is 1. The van der Waals surface area contributed by atoms with Crippen LogP contribution in [0.1, 0.15) is 32.3 Å². The van der Waals surface area contributed by atoms with Crippen molar-refractivity contribution in [3.8, 4) is 11.8 Å². The summed E-state index contributed by atoms with van der Waals surface area (Å²) in [5, 5.41) is 17.0. The van der Waals surface area contributed by atoms with Crippen molar-refractivity contribution in [2.45, 2.75) is 26.7 Å². The number of allylic oxidation sites excluding steroid dienone is 7. The number of halogens is 2. The molecule has 0 aliphatic rings. The van der Waals surface area contributed by atoms with Crippen LogP contribution in [0.4, 0.5) is 4.39 Å². The van der Waals surface area contributed by atoms with Gasteiger partial charge in [0.05, 0.1) is 22.4 Å². The smallest absolute Gasteiger partial charge is 0.303 e. The van der Waals surface area contributed by atoms with Gasteiger partial charge in [-0.05, 0) is 37.3 Å². The summed E-state index contributed by atoms with van der Waals surface area (Å²) in [7, 11) is 0. The van der Waals surface area contributed by atoms with E-state index in [4.69, 9.17) is 21.8 Å². The van der Waals surface area contributed by atoms with Gasteiger partial charge in [0.15, 0.2) is 0 Å². The molecule has 5 nitrogen and oxygen atoms in total. The minimum Gasteiger partial charge on any atom is -0.508 e. The van der Waals surface area contributed by atoms with Gasteiger partial charge in [0.1, 0.15) is 11.6 Å². The Morgan fingerprint density at radius 3 is 2.33 bits per heavy atom. The molecule has 1 aromatic carbocycles. The third-order valence-electron chi connectivity index (χ3n) is 3.17. The summed E-state index contributed by atoms with van der Waals surface area (Å²) in [5.41, 5.74) is 2.62. The number of carboxylic acids is 1. The maximum absolute atomic E-state index is 11.1. The highest BCUT2D eigenvalue weighted by Gasteiger charge is 2.02. The van der Waals surface area contributed by atoms with Crippen LogP contribution in [0, 0.1) is 11.8 Å². The Hall–Kier alpha value is -3.82. The van der Waals surface area contributed by atoms with Crippen LogP contribution in [0.3, 0.4) is 0 Å². The Kier molecular flexibility index (Phi) is 19.1. The fraction of sp³-hybridized carbons (Fsp3) is 0.154. The Morgan fingerprint density at radius 2 is 1.88 bits per heavy atom. The average Bonchev–Trinajstić information content (AvgIpc) is 3.25. The number of carboxylic acid groups (broad SMARTS) is 1. The van der Waals surface area contributed by atoms with Gasteiger partial charge in [0.2, 0.25) is 0 Å². The summed E-state index contributed by atoms with van der Waals surface area (Å²) in [6.45, 7) is 16.4. The van der Waals surface area contributed by atoms with Gasteiger partial charge in [-0.2, -0.15) is 0 Å². The number of aliphatic hydroxyl groups is 1. The molecule has 1 heterocycles. The first-order valence-electron chi connectivity index (χ1n) is 9.72. The van der Waals surface area contributed by atoms with E-state index in [-0.39, 0.29) is 12.2 Å². The lowest BCUT2D eigenvalue weighted by Crippen LogP contribution is -1.86. The molecular formula is C26H30ClFN2O3. The third-order valence-corrected chi connectivity index (χ3v) is 3.48. The monoisotopic (exact) mass is 472 g/mol. The SMILES string of the molecule is C=C/C(O)=C\C=C\C.C=CC(=C)F.C=CCC#Cc1cc2[nH]cnc2cc1Cl.CCC(=O)O. The number of carbonyl (C=O) groups is 1. The van der Waals surface area contributed by atoms with Crippen molar-refractivity contribution >= 4 is 28.6 Å². The van der Waals surface area contributed by atoms with E-state index < -0.39 is 11.8 Å². The van der Waals surface area contributed by atoms with Crippen LogP contribution in [0.2, 0.25) is 5.02 Å². The lowest BCUT2D eigenvalue weighted by molar-refractivity contribution is -0.136. The average molecular weight is 473 g/mol. The zero-order chi connectivity index (χ0) is 25.6. The molecule has 2 rings (SSSR count). The molecule has 0 saturated heterocycles. The molecule has 176 valence electrons. The van der Waals surface area contributed by atoms with Crippen molar-refractivity contribution in [3.05, 3.63) is 103 Å². The van der Waals surface area contributed by atoms with Gasteiger partial charge in [-0.15, -0.1) is 6.58 Å². The minimum atomic E-state index is -0.745. The first kappa shape index (κ1) is 31.4. The van der Waals surface area contributed by atoms with Crippen molar-refractivity contribution in [1.29, 1.82) is 0 Å². The molecule has 0 spiro atoms. The number of nitrogens with zero attached hydrogens (tertiary/aromatic N) is 1. The van der Waals surface area contributed by atoms with Gasteiger partial charge in [-0.3, -0.25) is 4.79 Å². The molecule has 0 aliphatic carbocycles. The van der Waals surface area contributed by atoms with E-state index in [1.807, 2.05) is 25.1 Å². The summed E-state index contributed by atoms with van der Waals surface area (Å²) in [4.78, 5) is 16.5. The molecule has 0 aliphatic heterocycles. The molecule has 0 unspecified atom stereocenters. The Labute approximate surface area is 200 Å². The fourth-order valence-electron chi connectivity index (χ4n) is 1.53. The van der Waals surface area contributed by atoms with Crippen LogP contribution >= 0.6 is 11.6 Å². The van der Waals surface area contributed by atoms with Crippen LogP contribution < -0.4 is 0 Å². The fourth-order valence-corrected chi connectivity index (χ4v) is 1.74. The van der Waals surface area contributed by atoms with Crippen LogP contribution in [-0.2, 0) is 4.79 Å².